The van der Waals surface area contributed by atoms with Gasteiger partial charge in [0.2, 0.25) is 0 Å². The number of aliphatic carboxylic acids is 1. The van der Waals surface area contributed by atoms with E-state index in [0.29, 0.717) is 10.7 Å². The fourth-order valence-corrected chi connectivity index (χ4v) is 2.90. The van der Waals surface area contributed by atoms with Gasteiger partial charge in [-0.2, -0.15) is 0 Å². The van der Waals surface area contributed by atoms with Gasteiger partial charge in [-0.15, -0.1) is 0 Å². The number of amides is 1. The summed E-state index contributed by atoms with van der Waals surface area (Å²) >= 11 is 6.06. The largest absolute Gasteiger partial charge is 0.548 e. The topological polar surface area (TPSA) is 69.7 Å². The Kier molecular flexibility index (Phi) is 4.41. The highest BCUT2D eigenvalue weighted by Gasteiger charge is 2.31. The van der Waals surface area contributed by atoms with Crippen molar-refractivity contribution >= 4 is 46.3 Å². The second-order valence-electron chi connectivity index (χ2n) is 3.92. The molecular formula is C13H10NO4S2-. The van der Waals surface area contributed by atoms with Gasteiger partial charge in [0.1, 0.15) is 10.1 Å². The lowest BCUT2D eigenvalue weighted by Crippen LogP contribution is -2.40. The third-order valence-corrected chi connectivity index (χ3v) is 3.93. The zero-order valence-corrected chi connectivity index (χ0v) is 12.1. The van der Waals surface area contributed by atoms with Crippen molar-refractivity contribution in [3.8, 4) is 5.75 Å². The molecule has 0 aromatic heterocycles. The lowest BCUT2D eigenvalue weighted by molar-refractivity contribution is -0.305. The van der Waals surface area contributed by atoms with Crippen molar-refractivity contribution in [2.24, 2.45) is 0 Å². The van der Waals surface area contributed by atoms with Crippen molar-refractivity contribution in [1.82, 2.24) is 4.90 Å². The Balaban J connectivity index is 2.25. The molecule has 2 rings (SSSR count). The Morgan fingerprint density at radius 1 is 1.55 bits per heavy atom. The average Bonchev–Trinajstić information content (AvgIpc) is 2.66. The van der Waals surface area contributed by atoms with Crippen LogP contribution in [-0.4, -0.2) is 34.8 Å². The van der Waals surface area contributed by atoms with Crippen molar-refractivity contribution in [2.75, 3.05) is 13.7 Å². The van der Waals surface area contributed by atoms with Gasteiger partial charge in [-0.05, 0) is 23.8 Å². The number of hydrogen-bond donors (Lipinski definition) is 0. The van der Waals surface area contributed by atoms with Crippen LogP contribution in [0.2, 0.25) is 0 Å². The zero-order valence-electron chi connectivity index (χ0n) is 10.5. The number of carboxylic acid groups (broad SMARTS) is 1. The number of thiocarbonyl (C=S) groups is 1. The molecule has 1 fully saturated rings. The lowest BCUT2D eigenvalue weighted by Gasteiger charge is -2.14. The Hall–Kier alpha value is -1.86. The molecule has 7 heteroatoms. The van der Waals surface area contributed by atoms with Crippen LogP contribution in [0.3, 0.4) is 0 Å². The normalized spacial score (nSPS) is 16.9. The summed E-state index contributed by atoms with van der Waals surface area (Å²) in [5.41, 5.74) is 0.776. The van der Waals surface area contributed by atoms with Crippen molar-refractivity contribution in [3.63, 3.8) is 0 Å². The first-order valence-electron chi connectivity index (χ1n) is 5.60. The highest BCUT2D eigenvalue weighted by molar-refractivity contribution is 8.26. The van der Waals surface area contributed by atoms with Gasteiger partial charge in [-0.3, -0.25) is 9.69 Å². The van der Waals surface area contributed by atoms with Crippen LogP contribution in [-0.2, 0) is 9.59 Å². The molecule has 0 N–H and O–H groups in total. The number of ether oxygens (including phenoxy) is 1. The maximum absolute atomic E-state index is 12.0. The third kappa shape index (κ3) is 3.17. The molecule has 0 atom stereocenters. The highest BCUT2D eigenvalue weighted by Crippen LogP contribution is 2.32. The number of rotatable bonds is 4. The number of benzene rings is 1. The van der Waals surface area contributed by atoms with E-state index in [2.05, 4.69) is 0 Å². The maximum Gasteiger partial charge on any atom is 0.266 e. The predicted molar refractivity (Wildman–Crippen MR) is 77.9 cm³/mol. The molecule has 1 aromatic rings. The van der Waals surface area contributed by atoms with Crippen LogP contribution in [0, 0.1) is 0 Å². The first-order chi connectivity index (χ1) is 9.51. The van der Waals surface area contributed by atoms with Gasteiger partial charge in [0.15, 0.2) is 0 Å². The first kappa shape index (κ1) is 14.5. The van der Waals surface area contributed by atoms with E-state index in [1.54, 1.807) is 31.4 Å². The minimum absolute atomic E-state index is 0.216. The minimum Gasteiger partial charge on any atom is -0.548 e. The smallest absolute Gasteiger partial charge is 0.266 e. The van der Waals surface area contributed by atoms with Crippen LogP contribution < -0.4 is 9.84 Å². The number of thioether (sulfide) groups is 1. The first-order valence-corrected chi connectivity index (χ1v) is 6.83. The van der Waals surface area contributed by atoms with E-state index in [0.717, 1.165) is 22.2 Å². The quantitative estimate of drug-likeness (QED) is 0.601. The molecule has 1 aliphatic heterocycles. The molecular weight excluding hydrogens is 298 g/mol. The van der Waals surface area contributed by atoms with E-state index >= 15 is 0 Å². The Bertz CT molecular complexity index is 612. The van der Waals surface area contributed by atoms with Gasteiger partial charge in [0, 0.05) is 0 Å². The van der Waals surface area contributed by atoms with Gasteiger partial charge >= 0.3 is 0 Å². The van der Waals surface area contributed by atoms with Crippen molar-refractivity contribution < 1.29 is 19.4 Å². The number of carbonyl (C=O) groups excluding carboxylic acids is 2. The maximum atomic E-state index is 12.0. The molecule has 104 valence electrons. The van der Waals surface area contributed by atoms with E-state index in [9.17, 15) is 14.7 Å². The zero-order chi connectivity index (χ0) is 14.7. The lowest BCUT2D eigenvalue weighted by atomic mass is 10.2. The fraction of sp³-hybridized carbons (Fsp3) is 0.154. The summed E-state index contributed by atoms with van der Waals surface area (Å²) in [7, 11) is 1.55. The number of carboxylic acids is 1. The molecule has 1 aliphatic rings. The molecule has 1 heterocycles. The van der Waals surface area contributed by atoms with Crippen LogP contribution in [0.5, 0.6) is 5.75 Å². The molecule has 0 radical (unpaired) electrons. The number of hydrogen-bond acceptors (Lipinski definition) is 6. The molecule has 0 spiro atoms. The van der Waals surface area contributed by atoms with Crippen molar-refractivity contribution in [2.45, 2.75) is 0 Å². The van der Waals surface area contributed by atoms with E-state index < -0.39 is 18.4 Å². The van der Waals surface area contributed by atoms with E-state index in [-0.39, 0.29) is 4.32 Å². The summed E-state index contributed by atoms with van der Waals surface area (Å²) in [6.07, 6.45) is 1.65. The van der Waals surface area contributed by atoms with Gasteiger partial charge < -0.3 is 14.6 Å². The van der Waals surface area contributed by atoms with Crippen LogP contribution >= 0.6 is 24.0 Å². The number of methoxy groups -OCH3 is 1. The average molecular weight is 308 g/mol. The van der Waals surface area contributed by atoms with E-state index in [4.69, 9.17) is 17.0 Å². The second kappa shape index (κ2) is 6.06. The summed E-state index contributed by atoms with van der Waals surface area (Å²) in [5.74, 6) is -1.10. The second-order valence-corrected chi connectivity index (χ2v) is 5.59. The Morgan fingerprint density at radius 2 is 2.30 bits per heavy atom. The van der Waals surface area contributed by atoms with Crippen LogP contribution in [0.4, 0.5) is 0 Å². The van der Waals surface area contributed by atoms with Gasteiger partial charge in [0.05, 0.1) is 24.5 Å². The molecule has 0 bridgehead atoms. The summed E-state index contributed by atoms with van der Waals surface area (Å²) in [6, 6.07) is 7.17. The molecule has 0 aliphatic carbocycles. The SMILES string of the molecule is COc1cccc(/C=C2\SC(=S)N(CC(=O)[O-])C2=O)c1. The van der Waals surface area contributed by atoms with Gasteiger partial charge in [-0.25, -0.2) is 0 Å². The summed E-state index contributed by atoms with van der Waals surface area (Å²) < 4.78 is 5.31. The molecule has 0 saturated carbocycles. The fourth-order valence-electron chi connectivity index (χ4n) is 1.65. The standard InChI is InChI=1S/C13H11NO4S2/c1-18-9-4-2-3-8(5-9)6-10-12(17)14(7-11(15)16)13(19)20-10/h2-6H,7H2,1H3,(H,15,16)/p-1/b10-6-. The molecule has 20 heavy (non-hydrogen) atoms. The Morgan fingerprint density at radius 3 is 2.95 bits per heavy atom. The number of nitrogens with zero attached hydrogens (tertiary/aromatic N) is 1. The van der Waals surface area contributed by atoms with E-state index in [1.807, 2.05) is 6.07 Å². The Labute approximate surface area is 125 Å². The highest BCUT2D eigenvalue weighted by atomic mass is 32.2. The van der Waals surface area contributed by atoms with Crippen LogP contribution in [0.25, 0.3) is 6.08 Å². The summed E-state index contributed by atoms with van der Waals surface area (Å²) in [6.45, 7) is -0.528. The monoisotopic (exact) mass is 308 g/mol. The van der Waals surface area contributed by atoms with E-state index in [1.165, 1.54) is 0 Å². The molecule has 5 nitrogen and oxygen atoms in total. The molecule has 0 unspecified atom stereocenters. The minimum atomic E-state index is -1.34. The summed E-state index contributed by atoms with van der Waals surface area (Å²) in [5, 5.41) is 10.6. The van der Waals surface area contributed by atoms with Crippen LogP contribution in [0.1, 0.15) is 5.56 Å². The molecule has 1 aromatic carbocycles. The predicted octanol–water partition coefficient (Wildman–Crippen LogP) is 0.646. The van der Waals surface area contributed by atoms with Crippen molar-refractivity contribution in [3.05, 3.63) is 34.7 Å². The summed E-state index contributed by atoms with van der Waals surface area (Å²) in [4.78, 5) is 24.0. The van der Waals surface area contributed by atoms with Gasteiger partial charge in [-0.1, -0.05) is 36.1 Å². The van der Waals surface area contributed by atoms with Crippen molar-refractivity contribution in [1.29, 1.82) is 0 Å². The van der Waals surface area contributed by atoms with Crippen LogP contribution in [0.15, 0.2) is 29.2 Å². The van der Waals surface area contributed by atoms with Gasteiger partial charge in [0.25, 0.3) is 5.91 Å². The number of carbonyl (C=O) groups is 2. The molecule has 1 amide bonds. The molecule has 1 saturated heterocycles. The third-order valence-electron chi connectivity index (χ3n) is 2.55.